The Morgan fingerprint density at radius 2 is 1.79 bits per heavy atom. The first-order valence-corrected chi connectivity index (χ1v) is 16.5. The van der Waals surface area contributed by atoms with Gasteiger partial charge in [0.25, 0.3) is 0 Å². The predicted octanol–water partition coefficient (Wildman–Crippen LogP) is 6.42. The van der Waals surface area contributed by atoms with Crippen molar-refractivity contribution in [1.82, 2.24) is 9.80 Å². The highest BCUT2D eigenvalue weighted by molar-refractivity contribution is 5.76. The van der Waals surface area contributed by atoms with Crippen LogP contribution in [0.1, 0.15) is 96.6 Å². The Morgan fingerprint density at radius 3 is 2.29 bits per heavy atom. The van der Waals surface area contributed by atoms with Crippen LogP contribution in [0.25, 0.3) is 0 Å². The van der Waals surface area contributed by atoms with Crippen molar-refractivity contribution in [3.8, 4) is 0 Å². The molecule has 0 spiro atoms. The number of unbranched alkanes of at least 4 members (excludes halogenated alkanes) is 4. The number of nitrogens with zero attached hydrogens (tertiary/aromatic N) is 2. The van der Waals surface area contributed by atoms with Gasteiger partial charge < -0.3 is 25.2 Å². The molecule has 0 bridgehead atoms. The summed E-state index contributed by atoms with van der Waals surface area (Å²) in [6.45, 7) is 16.1. The molecule has 13 heteroatoms. The van der Waals surface area contributed by atoms with Crippen LogP contribution in [-0.2, 0) is 37.0 Å². The van der Waals surface area contributed by atoms with E-state index in [2.05, 4.69) is 17.9 Å². The van der Waals surface area contributed by atoms with E-state index in [1.54, 1.807) is 37.8 Å². The van der Waals surface area contributed by atoms with Gasteiger partial charge in [0.2, 0.25) is 5.91 Å². The van der Waals surface area contributed by atoms with Gasteiger partial charge in [-0.05, 0) is 83.8 Å². The van der Waals surface area contributed by atoms with E-state index in [0.29, 0.717) is 31.1 Å². The second-order valence-electron chi connectivity index (χ2n) is 12.6. The molecule has 12 nitrogen and oxygen atoms in total. The number of hydrogen-bond acceptors (Lipinski definition) is 8. The van der Waals surface area contributed by atoms with Crippen molar-refractivity contribution in [2.24, 2.45) is 23.5 Å². The largest absolute Gasteiger partial charge is 0.466 e. The van der Waals surface area contributed by atoms with E-state index in [-0.39, 0.29) is 36.4 Å². The Bertz CT molecular complexity index is 1210. The first kappa shape index (κ1) is 42.1. The van der Waals surface area contributed by atoms with Crippen molar-refractivity contribution in [3.63, 3.8) is 0 Å². The zero-order chi connectivity index (χ0) is 36.3. The lowest BCUT2D eigenvalue weighted by atomic mass is 10.1. The van der Waals surface area contributed by atoms with Gasteiger partial charge in [-0.1, -0.05) is 37.1 Å². The third-order valence-electron chi connectivity index (χ3n) is 7.56. The maximum atomic E-state index is 13.1. The highest BCUT2D eigenvalue weighted by atomic mass is 19.1. The van der Waals surface area contributed by atoms with Crippen LogP contribution in [0.4, 0.5) is 14.0 Å². The number of rotatable bonds is 11. The van der Waals surface area contributed by atoms with Crippen molar-refractivity contribution >= 4 is 24.1 Å². The summed E-state index contributed by atoms with van der Waals surface area (Å²) < 4.78 is 22.5. The van der Waals surface area contributed by atoms with Gasteiger partial charge >= 0.3 is 18.2 Å². The number of nitrogens with two attached hydrogens (primary N) is 2. The topological polar surface area (TPSA) is 175 Å². The van der Waals surface area contributed by atoms with Gasteiger partial charge in [-0.15, -0.1) is 13.2 Å². The second kappa shape index (κ2) is 21.8. The molecule has 0 radical (unpaired) electrons. The fraction of sp³-hybridized carbons (Fsp3) is 0.600. The van der Waals surface area contributed by atoms with E-state index >= 15 is 0 Å². The smallest absolute Gasteiger partial charge is 0.407 e. The first-order valence-electron chi connectivity index (χ1n) is 16.5. The zero-order valence-electron chi connectivity index (χ0n) is 29.0. The van der Waals surface area contributed by atoms with Gasteiger partial charge in [0.05, 0.1) is 19.1 Å². The first-order chi connectivity index (χ1) is 22.7. The summed E-state index contributed by atoms with van der Waals surface area (Å²) in [5.74, 6) is 5.48. The van der Waals surface area contributed by atoms with Gasteiger partial charge in [-0.2, -0.15) is 0 Å². The Kier molecular flexibility index (Phi) is 19.1. The number of ether oxygens (including phenoxy) is 2. The zero-order valence-corrected chi connectivity index (χ0v) is 29.0. The van der Waals surface area contributed by atoms with E-state index in [1.165, 1.54) is 23.8 Å². The molecule has 3 aliphatic rings. The van der Waals surface area contributed by atoms with E-state index in [0.717, 1.165) is 50.6 Å². The minimum absolute atomic E-state index is 0.0626. The van der Waals surface area contributed by atoms with Crippen LogP contribution in [-0.4, -0.2) is 63.9 Å². The molecule has 270 valence electrons. The monoisotopic (exact) mass is 678 g/mol. The Balaban J connectivity index is 0.000000333. The van der Waals surface area contributed by atoms with Crippen LogP contribution >= 0.6 is 0 Å². The van der Waals surface area contributed by atoms with E-state index in [9.17, 15) is 23.6 Å². The number of halogens is 1. The average Bonchev–Trinajstić information content (AvgIpc) is 3.41. The van der Waals surface area contributed by atoms with Gasteiger partial charge in [0.15, 0.2) is 6.23 Å². The normalized spacial score (nSPS) is 18.8. The molecule has 2 heterocycles. The number of hydrogen-bond donors (Lipinski definition) is 3. The van der Waals surface area contributed by atoms with Crippen molar-refractivity contribution in [1.29, 1.82) is 0 Å². The molecular weight excluding hydrogens is 623 g/mol. The molecule has 2 aliphatic heterocycles. The maximum Gasteiger partial charge on any atom is 0.407 e. The Hall–Kier alpha value is -3.97. The summed E-state index contributed by atoms with van der Waals surface area (Å²) in [5.41, 5.74) is 5.54. The molecule has 1 aromatic carbocycles. The number of esters is 1. The average molecular weight is 679 g/mol. The number of allylic oxidation sites excluding steroid dienone is 2. The van der Waals surface area contributed by atoms with Gasteiger partial charge in [0.1, 0.15) is 11.4 Å². The fourth-order valence-electron chi connectivity index (χ4n) is 5.04. The van der Waals surface area contributed by atoms with Crippen LogP contribution in [0.2, 0.25) is 0 Å². The number of benzene rings is 1. The predicted molar refractivity (Wildman–Crippen MR) is 180 cm³/mol. The summed E-state index contributed by atoms with van der Waals surface area (Å²) in [4.78, 5) is 51.1. The van der Waals surface area contributed by atoms with Crippen LogP contribution in [0.15, 0.2) is 43.5 Å². The molecule has 1 saturated heterocycles. The maximum absolute atomic E-state index is 13.1. The molecule has 5 N–H and O–H groups in total. The van der Waals surface area contributed by atoms with Gasteiger partial charge in [0, 0.05) is 25.1 Å². The molecule has 1 aliphatic carbocycles. The summed E-state index contributed by atoms with van der Waals surface area (Å²) in [6, 6.07) is 4.70. The molecule has 1 aromatic rings. The standard InChI is InChI=1S/C13H24N2O2.C9H8FNO2.C8H12O2.C5H11NO2/c1-2-3-4-5-6-7-9-12(16)15-11-8-10-13(15)17-14;10-8-3-1-2-6-4-11(9(12)13)5-7(6)8;1-3-6-5-7(6)8(9)10-4-2;1-5(2,3)8-4(6)7/h2,13H,1,3-11,14H2;1-3H,4-5H2,(H,12,13);3,6-7H,1,4-5H2,2H3;1-3H3,(H2,6,7). The number of carbonyl (C=O) groups excluding carboxylic acids is 3. The summed E-state index contributed by atoms with van der Waals surface area (Å²) in [6.07, 6.45) is 10.8. The minimum Gasteiger partial charge on any atom is -0.466 e. The van der Waals surface area contributed by atoms with Crippen molar-refractivity contribution in [2.75, 3.05) is 13.2 Å². The van der Waals surface area contributed by atoms with Crippen molar-refractivity contribution in [2.45, 2.75) is 110 Å². The Morgan fingerprint density at radius 1 is 1.10 bits per heavy atom. The number of amides is 3. The molecular formula is C35H55FN4O8. The fourth-order valence-corrected chi connectivity index (χ4v) is 5.04. The molecule has 48 heavy (non-hydrogen) atoms. The summed E-state index contributed by atoms with van der Waals surface area (Å²) in [7, 11) is 0. The minimum atomic E-state index is -1.00. The lowest BCUT2D eigenvalue weighted by molar-refractivity contribution is -0.145. The van der Waals surface area contributed by atoms with Gasteiger partial charge in [-0.25, -0.2) is 19.9 Å². The van der Waals surface area contributed by atoms with Crippen LogP contribution in [0.3, 0.4) is 0 Å². The van der Waals surface area contributed by atoms with Crippen molar-refractivity contribution < 1.29 is 43.0 Å². The summed E-state index contributed by atoms with van der Waals surface area (Å²) >= 11 is 0. The molecule has 3 atom stereocenters. The van der Waals surface area contributed by atoms with Crippen molar-refractivity contribution in [3.05, 3.63) is 60.5 Å². The quantitative estimate of drug-likeness (QED) is 0.103. The van der Waals surface area contributed by atoms with E-state index in [4.69, 9.17) is 26.3 Å². The number of likely N-dealkylation sites (tertiary alicyclic amines) is 1. The summed E-state index contributed by atoms with van der Waals surface area (Å²) in [5, 5.41) is 8.68. The third-order valence-corrected chi connectivity index (χ3v) is 7.56. The van der Waals surface area contributed by atoms with E-state index in [1.807, 2.05) is 19.1 Å². The number of primary amides is 1. The third kappa shape index (κ3) is 16.2. The number of carbonyl (C=O) groups is 4. The highest BCUT2D eigenvalue weighted by Crippen LogP contribution is 2.40. The molecule has 3 unspecified atom stereocenters. The Labute approximate surface area is 284 Å². The highest BCUT2D eigenvalue weighted by Gasteiger charge is 2.41. The number of carboxylic acid groups (broad SMARTS) is 1. The van der Waals surface area contributed by atoms with Crippen LogP contribution in [0.5, 0.6) is 0 Å². The number of fused-ring (bicyclic) bond motifs is 1. The van der Waals surface area contributed by atoms with E-state index < -0.39 is 17.8 Å². The molecule has 3 amide bonds. The van der Waals surface area contributed by atoms with Crippen LogP contribution < -0.4 is 11.6 Å². The SMILES string of the molecule is C=CC1CC1C(=O)OCC.C=CCCCCCCC(=O)N1CCCC1ON.CC(C)(C)OC(N)=O.O=C(O)N1Cc2cccc(F)c2C1. The van der Waals surface area contributed by atoms with Gasteiger partial charge in [-0.3, -0.25) is 19.3 Å². The lowest BCUT2D eigenvalue weighted by Gasteiger charge is -2.22. The lowest BCUT2D eigenvalue weighted by Crippen LogP contribution is -2.38. The molecule has 0 aromatic heterocycles. The molecule has 4 rings (SSSR count). The molecule has 1 saturated carbocycles. The van der Waals surface area contributed by atoms with Crippen LogP contribution in [0, 0.1) is 17.7 Å². The second-order valence-corrected chi connectivity index (χ2v) is 12.6. The molecule has 2 fully saturated rings.